The van der Waals surface area contributed by atoms with E-state index in [4.69, 9.17) is 14.6 Å². The average Bonchev–Trinajstić information content (AvgIpc) is 2.86. The van der Waals surface area contributed by atoms with Gasteiger partial charge >= 0.3 is 12.0 Å². The zero-order chi connectivity index (χ0) is 26.5. The number of benzene rings is 3. The Morgan fingerprint density at radius 2 is 1.76 bits per heavy atom. The van der Waals surface area contributed by atoms with E-state index in [0.29, 0.717) is 28.6 Å². The van der Waals surface area contributed by atoms with Crippen LogP contribution >= 0.6 is 0 Å². The van der Waals surface area contributed by atoms with Crippen LogP contribution in [0.15, 0.2) is 72.3 Å². The Kier molecular flexibility index (Phi) is 7.28. The first-order valence-corrected chi connectivity index (χ1v) is 11.2. The fourth-order valence-corrected chi connectivity index (χ4v) is 3.58. The third-order valence-corrected chi connectivity index (χ3v) is 5.34. The van der Waals surface area contributed by atoms with Crippen LogP contribution in [0.4, 0.5) is 14.9 Å². The predicted molar refractivity (Wildman–Crippen MR) is 131 cm³/mol. The monoisotopic (exact) mass is 504 g/mol. The van der Waals surface area contributed by atoms with E-state index < -0.39 is 29.6 Å². The van der Waals surface area contributed by atoms with Crippen LogP contribution in [0.3, 0.4) is 0 Å². The number of carboxylic acids is 1. The summed E-state index contributed by atoms with van der Waals surface area (Å²) in [6.45, 7) is 2.23. The summed E-state index contributed by atoms with van der Waals surface area (Å²) in [5.41, 5.74) is 0.989. The molecule has 4 rings (SSSR count). The van der Waals surface area contributed by atoms with Gasteiger partial charge in [0.05, 0.1) is 17.9 Å². The molecule has 3 aromatic carbocycles. The van der Waals surface area contributed by atoms with E-state index in [1.165, 1.54) is 36.4 Å². The number of rotatable bonds is 8. The van der Waals surface area contributed by atoms with Crippen LogP contribution in [-0.2, 0) is 16.2 Å². The number of hydrogen-bond acceptors (Lipinski definition) is 6. The minimum absolute atomic E-state index is 0.0176. The Morgan fingerprint density at radius 3 is 2.43 bits per heavy atom. The third kappa shape index (κ3) is 5.64. The molecular weight excluding hydrogens is 483 g/mol. The lowest BCUT2D eigenvalue weighted by molar-refractivity contribution is -0.122. The molecule has 1 saturated heterocycles. The van der Waals surface area contributed by atoms with Crippen molar-refractivity contribution in [3.8, 4) is 11.5 Å². The van der Waals surface area contributed by atoms with Crippen LogP contribution in [-0.4, -0.2) is 35.5 Å². The number of urea groups is 1. The number of carbonyl (C=O) groups excluding carboxylic acids is 3. The van der Waals surface area contributed by atoms with Crippen LogP contribution in [0.5, 0.6) is 11.5 Å². The molecule has 10 heteroatoms. The Bertz CT molecular complexity index is 1420. The van der Waals surface area contributed by atoms with Gasteiger partial charge in [0.1, 0.15) is 18.0 Å². The van der Waals surface area contributed by atoms with Crippen LogP contribution < -0.4 is 19.7 Å². The Hall–Kier alpha value is -4.99. The molecule has 0 bridgehead atoms. The largest absolute Gasteiger partial charge is 0.490 e. The molecule has 0 saturated carbocycles. The SMILES string of the molecule is CCOc1cc(/C=C2\C(=O)NC(=O)N(c3cccc(F)c3)C2=O)ccc1OCc1ccc(C(=O)O)cc1. The van der Waals surface area contributed by atoms with Crippen molar-refractivity contribution < 1.29 is 38.1 Å². The summed E-state index contributed by atoms with van der Waals surface area (Å²) in [4.78, 5) is 49.5. The lowest BCUT2D eigenvalue weighted by Crippen LogP contribution is -2.54. The highest BCUT2D eigenvalue weighted by Gasteiger charge is 2.37. The molecule has 0 aromatic heterocycles. The highest BCUT2D eigenvalue weighted by atomic mass is 19.1. The minimum Gasteiger partial charge on any atom is -0.490 e. The molecule has 1 fully saturated rings. The molecule has 37 heavy (non-hydrogen) atoms. The van der Waals surface area contributed by atoms with Gasteiger partial charge in [-0.1, -0.05) is 24.3 Å². The molecule has 0 unspecified atom stereocenters. The van der Waals surface area contributed by atoms with Crippen molar-refractivity contribution in [1.82, 2.24) is 5.32 Å². The molecule has 0 spiro atoms. The zero-order valence-electron chi connectivity index (χ0n) is 19.6. The minimum atomic E-state index is -1.02. The van der Waals surface area contributed by atoms with Gasteiger partial charge in [0, 0.05) is 0 Å². The van der Waals surface area contributed by atoms with Crippen molar-refractivity contribution in [2.45, 2.75) is 13.5 Å². The second kappa shape index (κ2) is 10.7. The molecule has 188 valence electrons. The highest BCUT2D eigenvalue weighted by Crippen LogP contribution is 2.31. The summed E-state index contributed by atoms with van der Waals surface area (Å²) in [5.74, 6) is -2.71. The van der Waals surface area contributed by atoms with Crippen molar-refractivity contribution in [1.29, 1.82) is 0 Å². The van der Waals surface area contributed by atoms with Gasteiger partial charge in [0.2, 0.25) is 0 Å². The van der Waals surface area contributed by atoms with Gasteiger partial charge in [-0.05, 0) is 66.6 Å². The van der Waals surface area contributed by atoms with Gasteiger partial charge in [-0.3, -0.25) is 14.9 Å². The first-order chi connectivity index (χ1) is 17.8. The topological polar surface area (TPSA) is 122 Å². The van der Waals surface area contributed by atoms with Gasteiger partial charge < -0.3 is 14.6 Å². The number of aromatic carboxylic acids is 1. The standard InChI is InChI=1S/C27H21FN2O7/c1-2-36-23-13-17(8-11-22(23)37-15-16-6-9-18(10-7-16)26(33)34)12-21-24(31)29-27(35)30(25(21)32)20-5-3-4-19(28)14-20/h3-14H,2,15H2,1H3,(H,33,34)(H,29,31,35)/b21-12+. The quantitative estimate of drug-likeness (QED) is 0.349. The summed E-state index contributed by atoms with van der Waals surface area (Å²) >= 11 is 0. The number of carbonyl (C=O) groups is 4. The normalized spacial score (nSPS) is 14.5. The van der Waals surface area contributed by atoms with E-state index >= 15 is 0 Å². The number of barbiturate groups is 1. The van der Waals surface area contributed by atoms with Crippen LogP contribution in [0.25, 0.3) is 6.08 Å². The number of imide groups is 2. The van der Waals surface area contributed by atoms with Crippen LogP contribution in [0.1, 0.15) is 28.4 Å². The average molecular weight is 504 g/mol. The fourth-order valence-electron chi connectivity index (χ4n) is 3.58. The number of hydrogen-bond donors (Lipinski definition) is 2. The number of nitrogens with zero attached hydrogens (tertiary/aromatic N) is 1. The third-order valence-electron chi connectivity index (χ3n) is 5.34. The molecule has 2 N–H and O–H groups in total. The van der Waals surface area contributed by atoms with Crippen molar-refractivity contribution in [2.24, 2.45) is 0 Å². The molecule has 0 radical (unpaired) electrons. The number of carboxylic acid groups (broad SMARTS) is 1. The molecule has 4 amide bonds. The van der Waals surface area contributed by atoms with Gasteiger partial charge in [-0.25, -0.2) is 18.9 Å². The van der Waals surface area contributed by atoms with E-state index in [-0.39, 0.29) is 23.4 Å². The molecule has 1 heterocycles. The zero-order valence-corrected chi connectivity index (χ0v) is 19.6. The van der Waals surface area contributed by atoms with E-state index in [9.17, 15) is 23.6 Å². The van der Waals surface area contributed by atoms with Crippen LogP contribution in [0.2, 0.25) is 0 Å². The van der Waals surface area contributed by atoms with E-state index in [0.717, 1.165) is 11.6 Å². The molecule has 0 atom stereocenters. The van der Waals surface area contributed by atoms with Gasteiger partial charge in [0.25, 0.3) is 11.8 Å². The maximum Gasteiger partial charge on any atom is 0.335 e. The fraction of sp³-hybridized carbons (Fsp3) is 0.111. The van der Waals surface area contributed by atoms with Gasteiger partial charge in [0.15, 0.2) is 11.5 Å². The predicted octanol–water partition coefficient (Wildman–Crippen LogP) is 4.17. The molecule has 9 nitrogen and oxygen atoms in total. The lowest BCUT2D eigenvalue weighted by Gasteiger charge is -2.26. The second-order valence-electron chi connectivity index (χ2n) is 7.87. The lowest BCUT2D eigenvalue weighted by atomic mass is 10.1. The molecule has 1 aliphatic rings. The molecule has 3 aromatic rings. The highest BCUT2D eigenvalue weighted by molar-refractivity contribution is 6.39. The van der Waals surface area contributed by atoms with Crippen molar-refractivity contribution in [3.05, 3.63) is 94.8 Å². The number of amides is 4. The van der Waals surface area contributed by atoms with Gasteiger partial charge in [-0.2, -0.15) is 0 Å². The molecule has 0 aliphatic carbocycles. The molecule has 1 aliphatic heterocycles. The number of anilines is 1. The van der Waals surface area contributed by atoms with Crippen molar-refractivity contribution in [2.75, 3.05) is 11.5 Å². The summed E-state index contributed by atoms with van der Waals surface area (Å²) in [6.07, 6.45) is 1.30. The Balaban J connectivity index is 1.58. The van der Waals surface area contributed by atoms with E-state index in [1.54, 1.807) is 37.3 Å². The van der Waals surface area contributed by atoms with Crippen molar-refractivity contribution in [3.63, 3.8) is 0 Å². The van der Waals surface area contributed by atoms with Crippen molar-refractivity contribution >= 4 is 35.6 Å². The van der Waals surface area contributed by atoms with Gasteiger partial charge in [-0.15, -0.1) is 0 Å². The first-order valence-electron chi connectivity index (χ1n) is 11.2. The number of ether oxygens (including phenoxy) is 2. The summed E-state index contributed by atoms with van der Waals surface area (Å²) in [7, 11) is 0. The van der Waals surface area contributed by atoms with E-state index in [1.807, 2.05) is 0 Å². The summed E-state index contributed by atoms with van der Waals surface area (Å²) in [6, 6.07) is 14.9. The van der Waals surface area contributed by atoms with Crippen LogP contribution in [0, 0.1) is 5.82 Å². The summed E-state index contributed by atoms with van der Waals surface area (Å²) < 4.78 is 25.2. The smallest absolute Gasteiger partial charge is 0.335 e. The first kappa shape index (κ1) is 25.1. The van der Waals surface area contributed by atoms with E-state index in [2.05, 4.69) is 5.32 Å². The molecular formula is C27H21FN2O7. The maximum atomic E-state index is 13.7. The second-order valence-corrected chi connectivity index (χ2v) is 7.87. The number of halogens is 1. The Morgan fingerprint density at radius 1 is 1.00 bits per heavy atom. The number of nitrogens with one attached hydrogen (secondary N) is 1. The Labute approximate surface area is 210 Å². The maximum absolute atomic E-state index is 13.7. The summed E-state index contributed by atoms with van der Waals surface area (Å²) in [5, 5.41) is 11.1.